The Kier molecular flexibility index (Phi) is 3.91. The van der Waals surface area contributed by atoms with Gasteiger partial charge >= 0.3 is 0 Å². The van der Waals surface area contributed by atoms with Gasteiger partial charge in [-0.15, -0.1) is 11.3 Å². The summed E-state index contributed by atoms with van der Waals surface area (Å²) in [5.41, 5.74) is 1.32. The quantitative estimate of drug-likeness (QED) is 0.784. The van der Waals surface area contributed by atoms with E-state index in [0.717, 1.165) is 30.6 Å². The van der Waals surface area contributed by atoms with Crippen molar-refractivity contribution in [2.45, 2.75) is 19.8 Å². The molecule has 0 spiro atoms. The minimum absolute atomic E-state index is 0.148. The van der Waals surface area contributed by atoms with E-state index >= 15 is 0 Å². The molecule has 1 aromatic heterocycles. The largest absolute Gasteiger partial charge is 0.316 e. The molecular formula is C13H16FNS. The number of hydrogen-bond donors (Lipinski definition) is 1. The zero-order valence-electron chi connectivity index (χ0n) is 9.42. The van der Waals surface area contributed by atoms with E-state index in [1.54, 1.807) is 17.4 Å². The van der Waals surface area contributed by atoms with E-state index in [2.05, 4.69) is 17.6 Å². The Balaban J connectivity index is 2.07. The van der Waals surface area contributed by atoms with Crippen molar-refractivity contribution in [1.29, 1.82) is 0 Å². The van der Waals surface area contributed by atoms with Gasteiger partial charge in [0.1, 0.15) is 5.82 Å². The summed E-state index contributed by atoms with van der Waals surface area (Å²) in [5.74, 6) is -0.148. The Morgan fingerprint density at radius 3 is 3.00 bits per heavy atom. The average molecular weight is 237 g/mol. The fraction of sp³-hybridized carbons (Fsp3) is 0.385. The lowest BCUT2D eigenvalue weighted by Gasteiger charge is -2.02. The highest BCUT2D eigenvalue weighted by Crippen LogP contribution is 2.26. The fourth-order valence-electron chi connectivity index (χ4n) is 1.78. The third-order valence-electron chi connectivity index (χ3n) is 2.62. The zero-order chi connectivity index (χ0) is 11.4. The second-order valence-corrected chi connectivity index (χ2v) is 4.81. The smallest absolute Gasteiger partial charge is 0.124 e. The minimum atomic E-state index is -0.148. The van der Waals surface area contributed by atoms with Crippen LogP contribution in [-0.4, -0.2) is 13.1 Å². The first-order valence-electron chi connectivity index (χ1n) is 5.67. The first-order chi connectivity index (χ1) is 7.81. The summed E-state index contributed by atoms with van der Waals surface area (Å²) in [7, 11) is 0. The highest BCUT2D eigenvalue weighted by molar-refractivity contribution is 7.17. The van der Waals surface area contributed by atoms with Gasteiger partial charge in [0.15, 0.2) is 0 Å². The van der Waals surface area contributed by atoms with E-state index in [9.17, 15) is 4.39 Å². The molecule has 16 heavy (non-hydrogen) atoms. The second kappa shape index (κ2) is 5.41. The van der Waals surface area contributed by atoms with Crippen molar-refractivity contribution < 1.29 is 4.39 Å². The van der Waals surface area contributed by atoms with E-state index in [-0.39, 0.29) is 5.82 Å². The molecule has 3 heteroatoms. The molecule has 0 amide bonds. The van der Waals surface area contributed by atoms with Gasteiger partial charge in [-0.05, 0) is 54.4 Å². The molecule has 0 saturated carbocycles. The van der Waals surface area contributed by atoms with Crippen LogP contribution in [0.4, 0.5) is 4.39 Å². The molecule has 0 unspecified atom stereocenters. The van der Waals surface area contributed by atoms with Gasteiger partial charge in [-0.3, -0.25) is 0 Å². The van der Waals surface area contributed by atoms with E-state index in [0.29, 0.717) is 0 Å². The van der Waals surface area contributed by atoms with Gasteiger partial charge in [-0.2, -0.15) is 0 Å². The average Bonchev–Trinajstić information content (AvgIpc) is 2.67. The first kappa shape index (κ1) is 11.6. The molecule has 1 nitrogen and oxygen atoms in total. The molecule has 0 aliphatic heterocycles. The van der Waals surface area contributed by atoms with Crippen molar-refractivity contribution >= 4 is 21.4 Å². The Bertz CT molecular complexity index is 464. The van der Waals surface area contributed by atoms with Crippen LogP contribution in [0.1, 0.15) is 18.9 Å². The molecule has 0 atom stereocenters. The van der Waals surface area contributed by atoms with Crippen molar-refractivity contribution in [3.05, 3.63) is 35.0 Å². The number of nitrogens with one attached hydrogen (secondary N) is 1. The van der Waals surface area contributed by atoms with Crippen LogP contribution >= 0.6 is 11.3 Å². The number of fused-ring (bicyclic) bond motifs is 1. The standard InChI is InChI=1S/C13H16FNS/c1-2-6-15-7-5-10-9-16-13-8-11(14)3-4-12(10)13/h3-4,8-9,15H,2,5-7H2,1H3. The topological polar surface area (TPSA) is 12.0 Å². The SMILES string of the molecule is CCCNCCc1csc2cc(F)ccc12. The maximum atomic E-state index is 13.0. The van der Waals surface area contributed by atoms with Gasteiger partial charge in [0.2, 0.25) is 0 Å². The number of halogens is 1. The summed E-state index contributed by atoms with van der Waals surface area (Å²) < 4.78 is 14.0. The molecular weight excluding hydrogens is 221 g/mol. The molecule has 0 saturated heterocycles. The molecule has 0 aliphatic rings. The molecule has 2 aromatic rings. The van der Waals surface area contributed by atoms with Gasteiger partial charge < -0.3 is 5.32 Å². The van der Waals surface area contributed by atoms with Crippen LogP contribution in [0.3, 0.4) is 0 Å². The Labute approximate surface area is 99.3 Å². The Morgan fingerprint density at radius 2 is 2.19 bits per heavy atom. The lowest BCUT2D eigenvalue weighted by atomic mass is 10.1. The van der Waals surface area contributed by atoms with Crippen molar-refractivity contribution in [3.8, 4) is 0 Å². The number of thiophene rings is 1. The van der Waals surface area contributed by atoms with Crippen LogP contribution in [0, 0.1) is 5.82 Å². The van der Waals surface area contributed by atoms with Gasteiger partial charge in [0, 0.05) is 4.70 Å². The van der Waals surface area contributed by atoms with Crippen molar-refractivity contribution in [1.82, 2.24) is 5.32 Å². The monoisotopic (exact) mass is 237 g/mol. The molecule has 0 radical (unpaired) electrons. The molecule has 0 aliphatic carbocycles. The highest BCUT2D eigenvalue weighted by atomic mass is 32.1. The summed E-state index contributed by atoms with van der Waals surface area (Å²) in [6.07, 6.45) is 2.18. The first-order valence-corrected chi connectivity index (χ1v) is 6.55. The van der Waals surface area contributed by atoms with Crippen molar-refractivity contribution in [2.75, 3.05) is 13.1 Å². The number of benzene rings is 1. The predicted molar refractivity (Wildman–Crippen MR) is 68.6 cm³/mol. The van der Waals surface area contributed by atoms with Gasteiger partial charge in [0.25, 0.3) is 0 Å². The van der Waals surface area contributed by atoms with Gasteiger partial charge in [-0.1, -0.05) is 13.0 Å². The maximum Gasteiger partial charge on any atom is 0.124 e. The zero-order valence-corrected chi connectivity index (χ0v) is 10.2. The third kappa shape index (κ3) is 2.60. The third-order valence-corrected chi connectivity index (χ3v) is 3.61. The maximum absolute atomic E-state index is 13.0. The number of hydrogen-bond acceptors (Lipinski definition) is 2. The van der Waals surface area contributed by atoms with Crippen LogP contribution < -0.4 is 5.32 Å². The van der Waals surface area contributed by atoms with Crippen LogP contribution in [0.5, 0.6) is 0 Å². The summed E-state index contributed by atoms with van der Waals surface area (Å²) in [5, 5.41) is 6.72. The molecule has 0 fully saturated rings. The van der Waals surface area contributed by atoms with Crippen LogP contribution in [0.15, 0.2) is 23.6 Å². The van der Waals surface area contributed by atoms with Crippen LogP contribution in [0.2, 0.25) is 0 Å². The molecule has 1 aromatic carbocycles. The van der Waals surface area contributed by atoms with Gasteiger partial charge in [0.05, 0.1) is 0 Å². The Hall–Kier alpha value is -0.930. The summed E-state index contributed by atoms with van der Waals surface area (Å²) in [4.78, 5) is 0. The van der Waals surface area contributed by atoms with Crippen molar-refractivity contribution in [2.24, 2.45) is 0 Å². The molecule has 1 heterocycles. The van der Waals surface area contributed by atoms with E-state index < -0.39 is 0 Å². The molecule has 2 rings (SSSR count). The Morgan fingerprint density at radius 1 is 1.31 bits per heavy atom. The van der Waals surface area contributed by atoms with Crippen LogP contribution in [-0.2, 0) is 6.42 Å². The normalized spacial score (nSPS) is 11.1. The lowest BCUT2D eigenvalue weighted by molar-refractivity contribution is 0.630. The van der Waals surface area contributed by atoms with E-state index in [4.69, 9.17) is 0 Å². The summed E-state index contributed by atoms with van der Waals surface area (Å²) in [6.45, 7) is 4.23. The molecule has 1 N–H and O–H groups in total. The number of rotatable bonds is 5. The van der Waals surface area contributed by atoms with Crippen LogP contribution in [0.25, 0.3) is 10.1 Å². The van der Waals surface area contributed by atoms with E-state index in [1.165, 1.54) is 17.0 Å². The van der Waals surface area contributed by atoms with Crippen molar-refractivity contribution in [3.63, 3.8) is 0 Å². The predicted octanol–water partition coefficient (Wildman–Crippen LogP) is 3.58. The molecule has 86 valence electrons. The van der Waals surface area contributed by atoms with E-state index in [1.807, 2.05) is 6.07 Å². The second-order valence-electron chi connectivity index (χ2n) is 3.90. The fourth-order valence-corrected chi connectivity index (χ4v) is 2.80. The summed E-state index contributed by atoms with van der Waals surface area (Å²) >= 11 is 1.62. The summed E-state index contributed by atoms with van der Waals surface area (Å²) in [6, 6.07) is 5.04. The lowest BCUT2D eigenvalue weighted by Crippen LogP contribution is -2.17. The molecule has 0 bridgehead atoms. The minimum Gasteiger partial charge on any atom is -0.316 e. The highest BCUT2D eigenvalue weighted by Gasteiger charge is 2.04. The van der Waals surface area contributed by atoms with Gasteiger partial charge in [-0.25, -0.2) is 4.39 Å².